The molecular formula is C66H162O26Si10. The van der Waals surface area contributed by atoms with Gasteiger partial charge in [0.05, 0.1) is 64.6 Å². The van der Waals surface area contributed by atoms with Gasteiger partial charge >= 0.3 is 43.0 Å². The van der Waals surface area contributed by atoms with Crippen molar-refractivity contribution in [1.82, 2.24) is 0 Å². The molecule has 0 aliphatic carbocycles. The van der Waals surface area contributed by atoms with E-state index in [1.807, 2.05) is 19.6 Å². The third-order valence-electron chi connectivity index (χ3n) is 15.4. The maximum Gasteiger partial charge on any atom is 0.487 e. The summed E-state index contributed by atoms with van der Waals surface area (Å²) in [5.41, 5.74) is -3.66. The van der Waals surface area contributed by atoms with Crippen molar-refractivity contribution in [3.8, 4) is 0 Å². The average Bonchev–Trinajstić information content (AvgIpc) is 0.852. The van der Waals surface area contributed by atoms with Gasteiger partial charge in [-0.25, -0.2) is 0 Å². The second kappa shape index (κ2) is 54.7. The average molecular weight is 1650 g/mol. The fourth-order valence-electron chi connectivity index (χ4n) is 9.64. The lowest BCUT2D eigenvalue weighted by molar-refractivity contribution is -0.102. The molecule has 0 saturated heterocycles. The van der Waals surface area contributed by atoms with Crippen molar-refractivity contribution in [2.75, 3.05) is 115 Å². The van der Waals surface area contributed by atoms with Gasteiger partial charge in [0.25, 0.3) is 0 Å². The molecule has 0 rings (SSSR count). The SMILES string of the molecule is CCC[Si](CCCOCC(O)CO)(OC)O[Si](C)(C)C.CC[Si](CCCOCC(C)(O)C(C)O)(OC)O[Si](C)(C)C.CO[Si](C)(CCCOCC(O)CO)O[Si](C)(C)C.CO[Si](CCCOCC(C)(O)C(C)O)(CC(C)C)O[Si](C)(C)C.CO[Si](O)(CCCOCC(C)(O)C(C)O)O[Si](C)(C)C. The third-order valence-corrected chi connectivity index (χ3v) is 48.2. The van der Waals surface area contributed by atoms with Crippen molar-refractivity contribution in [3.05, 3.63) is 0 Å². The van der Waals surface area contributed by atoms with E-state index < -0.39 is 132 Å². The smallest absolute Gasteiger partial charge is 0.436 e. The van der Waals surface area contributed by atoms with E-state index >= 15 is 0 Å². The maximum atomic E-state index is 10.3. The Bertz CT molecular complexity index is 2000. The van der Waals surface area contributed by atoms with Gasteiger partial charge in [0.15, 0.2) is 41.6 Å². The summed E-state index contributed by atoms with van der Waals surface area (Å²) in [7, 11) is -11.5. The lowest BCUT2D eigenvalue weighted by atomic mass is 10.0. The maximum absolute atomic E-state index is 10.3. The molecule has 0 spiro atoms. The summed E-state index contributed by atoms with van der Waals surface area (Å²) in [4.78, 5) is 10.3. The highest BCUT2D eigenvalue weighted by molar-refractivity contribution is 6.84. The molecule has 0 aromatic carbocycles. The number of aliphatic hydroxyl groups is 10. The Morgan fingerprint density at radius 2 is 0.647 bits per heavy atom. The van der Waals surface area contributed by atoms with E-state index in [0.29, 0.717) is 51.4 Å². The molecule has 622 valence electrons. The number of ether oxygens (including phenoxy) is 5. The Balaban J connectivity index is -0.000000385. The van der Waals surface area contributed by atoms with Gasteiger partial charge in [-0.1, -0.05) is 34.1 Å². The highest BCUT2D eigenvalue weighted by atomic mass is 28.5. The van der Waals surface area contributed by atoms with Crippen LogP contribution in [-0.4, -0.2) is 303 Å². The molecular weight excluding hydrogens is 1490 g/mol. The molecule has 0 aliphatic rings. The molecule has 0 aromatic rings. The monoisotopic (exact) mass is 1650 g/mol. The third kappa shape index (κ3) is 61.8. The molecule has 26 nitrogen and oxygen atoms in total. The number of hydrogen-bond acceptors (Lipinski definition) is 26. The van der Waals surface area contributed by atoms with Crippen LogP contribution >= 0.6 is 0 Å². The van der Waals surface area contributed by atoms with Gasteiger partial charge in [-0.15, -0.1) is 0 Å². The first kappa shape index (κ1) is 112. The summed E-state index contributed by atoms with van der Waals surface area (Å²) >= 11 is 0. The van der Waals surface area contributed by atoms with E-state index in [-0.39, 0.29) is 46.2 Å². The van der Waals surface area contributed by atoms with E-state index in [1.54, 1.807) is 56.1 Å². The normalized spacial score (nSPS) is 18.9. The van der Waals surface area contributed by atoms with Crippen molar-refractivity contribution >= 4 is 84.6 Å². The zero-order valence-corrected chi connectivity index (χ0v) is 80.4. The molecule has 0 bridgehead atoms. The van der Waals surface area contributed by atoms with E-state index in [2.05, 4.69) is 113 Å². The standard InChI is InChI=1S/C16H38O5Si2.C14H34O5Si2.C13H32O5Si2.C12H30O6Si2.C11H28O5Si2/c1-14(2)12-23(19-5,21-22(6,7)8)11-9-10-20-13-16(4,18)15(3)17;1-8-21(17-4,19-20(5,6)7)11-9-10-18-12-14(3,16)13(2)15;1-6-9-20(16-2,18-19(3,4)5)10-7-8-17-12-13(15)11-14;1-11(13)12(2,14)10-17-8-7-9-20(15,16-3)18-19(4,5)6;1-14-18(5,16-17(2,3)4)8-6-7-15-10-11(13)9-12/h14-15,17-18H,9-13H2,1-8H3;13,15-16H,8-12H2,1-7H3;13-15H,6-12H2,1-5H3;11,13-15H,7-10H2,1-6H3;11-13H,6-10H2,1-5H3. The Labute approximate surface area is 632 Å². The first-order chi connectivity index (χ1) is 46.2. The summed E-state index contributed by atoms with van der Waals surface area (Å²) in [5.74, 6) is 0.537. The van der Waals surface area contributed by atoms with Gasteiger partial charge in [-0.3, -0.25) is 0 Å². The minimum absolute atomic E-state index is 0.0481. The summed E-state index contributed by atoms with van der Waals surface area (Å²) in [6.45, 7) is 55.0. The van der Waals surface area contributed by atoms with Crippen LogP contribution in [0.15, 0.2) is 0 Å². The van der Waals surface area contributed by atoms with E-state index in [9.17, 15) is 40.5 Å². The first-order valence-electron chi connectivity index (χ1n) is 36.9. The van der Waals surface area contributed by atoms with Crippen LogP contribution in [0.1, 0.15) is 108 Å². The lowest BCUT2D eigenvalue weighted by Crippen LogP contribution is -2.50. The molecule has 0 heterocycles. The minimum Gasteiger partial charge on any atom is -0.436 e. The molecule has 102 heavy (non-hydrogen) atoms. The molecule has 0 aromatic heterocycles. The number of rotatable bonds is 55. The molecule has 0 aliphatic heterocycles. The van der Waals surface area contributed by atoms with Crippen LogP contribution in [0.2, 0.25) is 153 Å². The van der Waals surface area contributed by atoms with E-state index in [4.69, 9.17) is 81.7 Å². The summed E-state index contributed by atoms with van der Waals surface area (Å²) in [5, 5.41) is 93.5. The molecule has 36 heteroatoms. The van der Waals surface area contributed by atoms with E-state index in [1.165, 1.54) is 21.0 Å². The highest BCUT2D eigenvalue weighted by Crippen LogP contribution is 2.31. The van der Waals surface area contributed by atoms with Gasteiger partial charge in [-0.05, 0) is 227 Å². The molecule has 11 N–H and O–H groups in total. The summed E-state index contributed by atoms with van der Waals surface area (Å²) < 4.78 is 86.2. The van der Waals surface area contributed by atoms with Gasteiger partial charge in [0.2, 0.25) is 0 Å². The quantitative estimate of drug-likeness (QED) is 0.0199. The number of hydrogen-bond donors (Lipinski definition) is 11. The molecule has 13 atom stereocenters. The summed E-state index contributed by atoms with van der Waals surface area (Å²) in [6, 6.07) is 6.92. The van der Waals surface area contributed by atoms with Crippen LogP contribution in [0.25, 0.3) is 0 Å². The second-order valence-corrected chi connectivity index (χ2v) is 73.5. The van der Waals surface area contributed by atoms with Crippen LogP contribution in [0.3, 0.4) is 0 Å². The van der Waals surface area contributed by atoms with Gasteiger partial charge in [0, 0.05) is 74.6 Å². The Kier molecular flexibility index (Phi) is 60.0. The number of aliphatic hydroxyl groups excluding tert-OH is 7. The zero-order valence-electron chi connectivity index (χ0n) is 70.4. The predicted molar refractivity (Wildman–Crippen MR) is 434 cm³/mol. The molecule has 0 fully saturated rings. The molecule has 0 saturated carbocycles. The summed E-state index contributed by atoms with van der Waals surface area (Å²) in [6.07, 6.45) is 0.988. The lowest BCUT2D eigenvalue weighted by Gasteiger charge is -2.36. The van der Waals surface area contributed by atoms with Crippen molar-refractivity contribution in [3.63, 3.8) is 0 Å². The van der Waals surface area contributed by atoms with Crippen molar-refractivity contribution in [2.45, 2.75) is 308 Å². The topological polar surface area (TPSA) is 361 Å². The van der Waals surface area contributed by atoms with Crippen LogP contribution in [-0.2, 0) is 66.4 Å². The Morgan fingerprint density at radius 1 is 0.353 bits per heavy atom. The van der Waals surface area contributed by atoms with Gasteiger partial charge in [0.1, 0.15) is 29.0 Å². The van der Waals surface area contributed by atoms with Gasteiger partial charge in [-0.2, -0.15) is 0 Å². The zero-order chi connectivity index (χ0) is 81.0. The molecule has 0 radical (unpaired) electrons. The van der Waals surface area contributed by atoms with E-state index in [0.717, 1.165) is 74.4 Å². The second-order valence-electron chi connectivity index (χ2n) is 33.0. The Morgan fingerprint density at radius 3 is 0.922 bits per heavy atom. The van der Waals surface area contributed by atoms with Crippen LogP contribution in [0.5, 0.6) is 0 Å². The Hall–Kier alpha value is 1.13. The van der Waals surface area contributed by atoms with Crippen LogP contribution in [0, 0.1) is 5.92 Å². The van der Waals surface area contributed by atoms with Crippen molar-refractivity contribution in [1.29, 1.82) is 0 Å². The van der Waals surface area contributed by atoms with Crippen LogP contribution < -0.4 is 0 Å². The van der Waals surface area contributed by atoms with Gasteiger partial charge < -0.3 is 122 Å². The minimum atomic E-state index is -3.11. The fourth-order valence-corrected chi connectivity index (χ4v) is 45.0. The fraction of sp³-hybridized carbons (Fsp3) is 1.00. The first-order valence-corrected chi connectivity index (χ1v) is 65.1. The van der Waals surface area contributed by atoms with Crippen molar-refractivity contribution < 1.29 is 122 Å². The van der Waals surface area contributed by atoms with Crippen molar-refractivity contribution in [2.24, 2.45) is 5.92 Å². The predicted octanol–water partition coefficient (Wildman–Crippen LogP) is 9.97. The highest BCUT2D eigenvalue weighted by Gasteiger charge is 2.44. The largest absolute Gasteiger partial charge is 0.487 e. The van der Waals surface area contributed by atoms with Crippen LogP contribution in [0.4, 0.5) is 0 Å². The molecule has 0 amide bonds. The molecule has 13 unspecified atom stereocenters.